The summed E-state index contributed by atoms with van der Waals surface area (Å²) in [6.45, 7) is 3.26. The summed E-state index contributed by atoms with van der Waals surface area (Å²) in [5.41, 5.74) is -0.750. The molecule has 0 aromatic heterocycles. The van der Waals surface area contributed by atoms with E-state index >= 15 is 0 Å². The third-order valence-electron chi connectivity index (χ3n) is 2.58. The van der Waals surface area contributed by atoms with E-state index in [-0.39, 0.29) is 18.9 Å². The van der Waals surface area contributed by atoms with E-state index in [1.807, 2.05) is 0 Å². The molecule has 0 saturated carbocycles. The normalized spacial score (nSPS) is 10.8. The third-order valence-corrected chi connectivity index (χ3v) is 2.58. The van der Waals surface area contributed by atoms with Crippen molar-refractivity contribution in [3.05, 3.63) is 34.1 Å². The van der Waals surface area contributed by atoms with Crippen LogP contribution < -0.4 is 0 Å². The number of benzene rings is 1. The van der Waals surface area contributed by atoms with Gasteiger partial charge in [0.1, 0.15) is 0 Å². The van der Waals surface area contributed by atoms with Crippen molar-refractivity contribution in [3.8, 4) is 0 Å². The minimum atomic E-state index is -1.40. The van der Waals surface area contributed by atoms with Gasteiger partial charge in [0.25, 0.3) is 0 Å². The van der Waals surface area contributed by atoms with Crippen LogP contribution in [-0.2, 0) is 19.1 Å². The lowest BCUT2D eigenvalue weighted by Crippen LogP contribution is -2.29. The van der Waals surface area contributed by atoms with Gasteiger partial charge in [0.15, 0.2) is 5.92 Å². The highest BCUT2D eigenvalue weighted by Crippen LogP contribution is 2.23. The molecule has 0 saturated heterocycles. The van der Waals surface area contributed by atoms with Gasteiger partial charge in [-0.25, -0.2) is 0 Å². The molecule has 23 heavy (non-hydrogen) atoms. The van der Waals surface area contributed by atoms with E-state index in [2.05, 4.69) is 4.99 Å². The smallest absolute Gasteiger partial charge is 0.325 e. The molecule has 124 valence electrons. The number of carbonyl (C=O) groups excluding carboxylic acids is 2. The first-order valence-corrected chi connectivity index (χ1v) is 6.72. The molecule has 9 heteroatoms. The van der Waals surface area contributed by atoms with Gasteiger partial charge in [-0.3, -0.25) is 24.7 Å². The molecule has 0 bridgehead atoms. The van der Waals surface area contributed by atoms with Gasteiger partial charge in [-0.15, -0.1) is 0 Å². The van der Waals surface area contributed by atoms with Gasteiger partial charge in [-0.2, -0.15) is 4.39 Å². The number of nitro groups is 1. The average Bonchev–Trinajstić information content (AvgIpc) is 2.49. The monoisotopic (exact) mass is 326 g/mol. The lowest BCUT2D eigenvalue weighted by molar-refractivity contribution is -0.387. The first-order chi connectivity index (χ1) is 10.9. The molecule has 8 nitrogen and oxygen atoms in total. The molecule has 0 fully saturated rings. The Bertz CT molecular complexity index is 614. The summed E-state index contributed by atoms with van der Waals surface area (Å²) >= 11 is 0. The Morgan fingerprint density at radius 1 is 1.30 bits per heavy atom. The minimum Gasteiger partial charge on any atom is -0.465 e. The van der Waals surface area contributed by atoms with Crippen LogP contribution in [0.25, 0.3) is 0 Å². The number of halogens is 1. The van der Waals surface area contributed by atoms with Crippen molar-refractivity contribution in [1.29, 1.82) is 0 Å². The number of carbonyl (C=O) groups is 2. The van der Waals surface area contributed by atoms with Crippen LogP contribution in [0.5, 0.6) is 0 Å². The molecular weight excluding hydrogens is 311 g/mol. The number of ether oxygens (including phenoxy) is 2. The highest BCUT2D eigenvalue weighted by atomic mass is 19.1. The summed E-state index contributed by atoms with van der Waals surface area (Å²) in [6, 6.07) is 2.93. The first-order valence-electron chi connectivity index (χ1n) is 6.72. The molecule has 1 rings (SSSR count). The second-order valence-electron chi connectivity index (χ2n) is 4.15. The maximum absolute atomic E-state index is 13.2. The second-order valence-corrected chi connectivity index (χ2v) is 4.15. The van der Waals surface area contributed by atoms with Gasteiger partial charge in [0.05, 0.1) is 23.8 Å². The molecule has 0 amide bonds. The van der Waals surface area contributed by atoms with E-state index in [0.29, 0.717) is 0 Å². The molecule has 0 aliphatic carbocycles. The molecule has 1 aromatic rings. The van der Waals surface area contributed by atoms with Crippen molar-refractivity contribution in [2.45, 2.75) is 13.8 Å². The van der Waals surface area contributed by atoms with Crippen molar-refractivity contribution < 1.29 is 28.4 Å². The van der Waals surface area contributed by atoms with Gasteiger partial charge in [0.2, 0.25) is 5.82 Å². The van der Waals surface area contributed by atoms with Gasteiger partial charge < -0.3 is 9.47 Å². The predicted molar refractivity (Wildman–Crippen MR) is 78.0 cm³/mol. The summed E-state index contributed by atoms with van der Waals surface area (Å²) in [7, 11) is 0. The van der Waals surface area contributed by atoms with Crippen molar-refractivity contribution in [1.82, 2.24) is 0 Å². The van der Waals surface area contributed by atoms with Crippen LogP contribution in [0.3, 0.4) is 0 Å². The molecule has 1 aromatic carbocycles. The second kappa shape index (κ2) is 8.57. The Labute approximate surface area is 131 Å². The number of hydrogen-bond donors (Lipinski definition) is 0. The Hall–Kier alpha value is -2.84. The number of hydrogen-bond acceptors (Lipinski definition) is 7. The van der Waals surface area contributed by atoms with Crippen molar-refractivity contribution in [2.75, 3.05) is 13.2 Å². The largest absolute Gasteiger partial charge is 0.465 e. The fraction of sp³-hybridized carbons (Fsp3) is 0.357. The lowest BCUT2D eigenvalue weighted by Gasteiger charge is -2.09. The van der Waals surface area contributed by atoms with Gasteiger partial charge in [-0.05, 0) is 26.0 Å². The number of esters is 2. The highest BCUT2D eigenvalue weighted by Gasteiger charge is 2.27. The van der Waals surface area contributed by atoms with Crippen LogP contribution in [0.1, 0.15) is 13.8 Å². The summed E-state index contributed by atoms with van der Waals surface area (Å²) < 4.78 is 22.7. The topological polar surface area (TPSA) is 108 Å². The van der Waals surface area contributed by atoms with Crippen LogP contribution in [0, 0.1) is 21.8 Å². The maximum Gasteiger partial charge on any atom is 0.325 e. The summed E-state index contributed by atoms with van der Waals surface area (Å²) in [5.74, 6) is -4.13. The predicted octanol–water partition coefficient (Wildman–Crippen LogP) is 2.18. The van der Waals surface area contributed by atoms with Crippen LogP contribution >= 0.6 is 0 Å². The highest BCUT2D eigenvalue weighted by molar-refractivity contribution is 6.09. The van der Waals surface area contributed by atoms with Gasteiger partial charge >= 0.3 is 17.6 Å². The molecule has 0 unspecified atom stereocenters. The molecule has 0 N–H and O–H groups in total. The molecular formula is C14H15FN2O6. The zero-order valence-electron chi connectivity index (χ0n) is 12.5. The molecule has 0 aliphatic rings. The molecule has 0 radical (unpaired) electrons. The number of nitrogens with zero attached hydrogens (tertiary/aromatic N) is 2. The summed E-state index contributed by atoms with van der Waals surface area (Å²) in [4.78, 5) is 37.0. The molecule has 0 spiro atoms. The Kier molecular flexibility index (Phi) is 6.78. The fourth-order valence-corrected chi connectivity index (χ4v) is 1.56. The molecule has 0 atom stereocenters. The summed E-state index contributed by atoms with van der Waals surface area (Å²) in [5, 5.41) is 10.7. The number of nitro benzene ring substituents is 1. The first kappa shape index (κ1) is 18.2. The van der Waals surface area contributed by atoms with E-state index in [1.54, 1.807) is 13.8 Å². The van der Waals surface area contributed by atoms with E-state index in [4.69, 9.17) is 9.47 Å². The molecule has 0 aliphatic heterocycles. The Balaban J connectivity index is 3.05. The van der Waals surface area contributed by atoms with Crippen LogP contribution in [-0.4, -0.2) is 36.3 Å². The maximum atomic E-state index is 13.2. The Morgan fingerprint density at radius 3 is 2.35 bits per heavy atom. The van der Waals surface area contributed by atoms with Crippen LogP contribution in [0.4, 0.5) is 15.8 Å². The zero-order valence-corrected chi connectivity index (χ0v) is 12.5. The van der Waals surface area contributed by atoms with E-state index < -0.39 is 34.3 Å². The SMILES string of the molecule is CCOC(=O)C(C=Nc1ccc(F)c([N+](=O)[O-])c1)C(=O)OCC. The van der Waals surface area contributed by atoms with E-state index in [0.717, 1.165) is 18.3 Å². The summed E-state index contributed by atoms with van der Waals surface area (Å²) in [6.07, 6.45) is 0.951. The van der Waals surface area contributed by atoms with E-state index in [9.17, 15) is 24.1 Å². The minimum absolute atomic E-state index is 0.0108. The number of aliphatic imine (C=N–C) groups is 1. The van der Waals surface area contributed by atoms with Crippen molar-refractivity contribution in [3.63, 3.8) is 0 Å². The van der Waals surface area contributed by atoms with Crippen LogP contribution in [0.15, 0.2) is 23.2 Å². The van der Waals surface area contributed by atoms with Crippen molar-refractivity contribution in [2.24, 2.45) is 10.9 Å². The third kappa shape index (κ3) is 5.13. The molecule has 0 heterocycles. The van der Waals surface area contributed by atoms with Gasteiger partial charge in [0, 0.05) is 12.3 Å². The fourth-order valence-electron chi connectivity index (χ4n) is 1.56. The van der Waals surface area contributed by atoms with Crippen molar-refractivity contribution >= 4 is 29.5 Å². The average molecular weight is 326 g/mol. The lowest BCUT2D eigenvalue weighted by atomic mass is 10.1. The van der Waals surface area contributed by atoms with Crippen LogP contribution in [0.2, 0.25) is 0 Å². The van der Waals surface area contributed by atoms with Gasteiger partial charge in [-0.1, -0.05) is 0 Å². The Morgan fingerprint density at radius 2 is 1.87 bits per heavy atom. The standard InChI is InChI=1S/C14H15FN2O6/c1-3-22-13(18)10(14(19)23-4-2)8-16-9-5-6-11(15)12(7-9)17(20)21/h5-8,10H,3-4H2,1-2H3. The number of rotatable bonds is 7. The quantitative estimate of drug-likeness (QED) is 0.250. The zero-order chi connectivity index (χ0) is 17.4. The van der Waals surface area contributed by atoms with E-state index in [1.165, 1.54) is 6.07 Å².